The number of anilines is 1. The van der Waals surface area contributed by atoms with Crippen LogP contribution in [0.2, 0.25) is 5.02 Å². The molecule has 4 nitrogen and oxygen atoms in total. The third-order valence-corrected chi connectivity index (χ3v) is 6.74. The Kier molecular flexibility index (Phi) is 5.06. The van der Waals surface area contributed by atoms with E-state index in [1.165, 1.54) is 0 Å². The van der Waals surface area contributed by atoms with Crippen molar-refractivity contribution >= 4 is 29.1 Å². The number of hydrogen-bond acceptors (Lipinski definition) is 2. The van der Waals surface area contributed by atoms with Gasteiger partial charge in [0.25, 0.3) is 5.91 Å². The van der Waals surface area contributed by atoms with Gasteiger partial charge in [-0.05, 0) is 67.3 Å². The smallest absolute Gasteiger partial charge is 0.251 e. The molecule has 162 valence electrons. The third kappa shape index (κ3) is 3.39. The van der Waals surface area contributed by atoms with E-state index in [1.54, 1.807) is 6.07 Å². The predicted molar refractivity (Wildman–Crippen MR) is 127 cm³/mol. The number of fused-ring (bicyclic) bond motifs is 2. The van der Waals surface area contributed by atoms with Crippen LogP contribution in [0.5, 0.6) is 0 Å². The van der Waals surface area contributed by atoms with Crippen LogP contribution in [0, 0.1) is 0 Å². The molecule has 32 heavy (non-hydrogen) atoms. The summed E-state index contributed by atoms with van der Waals surface area (Å²) in [5.74, 6) is 0.189. The van der Waals surface area contributed by atoms with E-state index >= 15 is 0 Å². The number of rotatable bonds is 5. The van der Waals surface area contributed by atoms with Crippen LogP contribution in [-0.2, 0) is 16.8 Å². The molecule has 0 unspecified atom stereocenters. The van der Waals surface area contributed by atoms with Crippen LogP contribution in [0.4, 0.5) is 5.69 Å². The highest BCUT2D eigenvalue weighted by Gasteiger charge is 2.67. The number of halogens is 1. The fourth-order valence-electron chi connectivity index (χ4n) is 4.94. The summed E-state index contributed by atoms with van der Waals surface area (Å²) < 4.78 is 0. The first-order valence-corrected chi connectivity index (χ1v) is 11.3. The zero-order valence-electron chi connectivity index (χ0n) is 18.1. The van der Waals surface area contributed by atoms with Gasteiger partial charge in [0.15, 0.2) is 0 Å². The standard InChI is InChI=1S/C27H25ClN2O2/c1-17(2)29-25(31)20-7-5-6-18(14-20)16-30-24-9-4-3-8-22(24)27(26(30)32)15-23(27)19-10-12-21(28)13-11-19/h3-14,17,23H,15-16H2,1-2H3,(H,29,31)/t23-,27-/m1/s1. The molecule has 2 amide bonds. The van der Waals surface area contributed by atoms with Gasteiger partial charge in [0.05, 0.1) is 12.0 Å². The van der Waals surface area contributed by atoms with Gasteiger partial charge in [-0.25, -0.2) is 0 Å². The molecule has 2 aliphatic rings. The average molecular weight is 445 g/mol. The summed E-state index contributed by atoms with van der Waals surface area (Å²) in [6, 6.07) is 23.5. The fourth-order valence-corrected chi connectivity index (χ4v) is 5.07. The summed E-state index contributed by atoms with van der Waals surface area (Å²) in [5.41, 5.74) is 4.25. The van der Waals surface area contributed by atoms with Crippen LogP contribution >= 0.6 is 11.6 Å². The maximum Gasteiger partial charge on any atom is 0.251 e. The van der Waals surface area contributed by atoms with Crippen molar-refractivity contribution in [2.24, 2.45) is 0 Å². The first kappa shape index (κ1) is 20.8. The van der Waals surface area contributed by atoms with Crippen LogP contribution in [0.3, 0.4) is 0 Å². The van der Waals surface area contributed by atoms with Crippen molar-refractivity contribution in [1.29, 1.82) is 0 Å². The third-order valence-electron chi connectivity index (χ3n) is 6.49. The number of nitrogens with one attached hydrogen (secondary N) is 1. The Morgan fingerprint density at radius 2 is 1.84 bits per heavy atom. The molecule has 1 aliphatic carbocycles. The highest BCUT2D eigenvalue weighted by Crippen LogP contribution is 2.66. The molecule has 2 atom stereocenters. The highest BCUT2D eigenvalue weighted by molar-refractivity contribution is 6.30. The molecule has 1 N–H and O–H groups in total. The van der Waals surface area contributed by atoms with E-state index in [-0.39, 0.29) is 23.8 Å². The Morgan fingerprint density at radius 3 is 2.59 bits per heavy atom. The van der Waals surface area contributed by atoms with Gasteiger partial charge >= 0.3 is 0 Å². The Labute approximate surface area is 193 Å². The first-order valence-electron chi connectivity index (χ1n) is 11.0. The van der Waals surface area contributed by atoms with Crippen LogP contribution in [0.1, 0.15) is 53.2 Å². The fraction of sp³-hybridized carbons (Fsp3) is 0.259. The molecular weight excluding hydrogens is 420 g/mol. The molecule has 1 aliphatic heterocycles. The molecule has 0 saturated heterocycles. The van der Waals surface area contributed by atoms with E-state index in [0.717, 1.165) is 28.8 Å². The van der Waals surface area contributed by atoms with E-state index in [9.17, 15) is 9.59 Å². The number of carbonyl (C=O) groups is 2. The van der Waals surface area contributed by atoms with Crippen LogP contribution < -0.4 is 10.2 Å². The van der Waals surface area contributed by atoms with E-state index in [0.29, 0.717) is 17.1 Å². The number of nitrogens with zero attached hydrogens (tertiary/aromatic N) is 1. The van der Waals surface area contributed by atoms with Gasteiger partial charge in [-0.15, -0.1) is 0 Å². The van der Waals surface area contributed by atoms with E-state index in [4.69, 9.17) is 11.6 Å². The van der Waals surface area contributed by atoms with Crippen molar-refractivity contribution in [3.63, 3.8) is 0 Å². The molecule has 0 aromatic heterocycles. The minimum atomic E-state index is -0.503. The maximum absolute atomic E-state index is 13.8. The number of hydrogen-bond donors (Lipinski definition) is 1. The normalized spacial score (nSPS) is 21.2. The zero-order chi connectivity index (χ0) is 22.5. The Balaban J connectivity index is 1.45. The summed E-state index contributed by atoms with van der Waals surface area (Å²) in [7, 11) is 0. The molecule has 1 heterocycles. The monoisotopic (exact) mass is 444 g/mol. The minimum Gasteiger partial charge on any atom is -0.350 e. The summed E-state index contributed by atoms with van der Waals surface area (Å²) in [6.45, 7) is 4.31. The molecule has 5 rings (SSSR count). The van der Waals surface area contributed by atoms with Crippen molar-refractivity contribution in [3.8, 4) is 0 Å². The lowest BCUT2D eigenvalue weighted by atomic mass is 9.92. The highest BCUT2D eigenvalue weighted by atomic mass is 35.5. The Morgan fingerprint density at radius 1 is 1.09 bits per heavy atom. The maximum atomic E-state index is 13.8. The number of amides is 2. The Bertz CT molecular complexity index is 1200. The zero-order valence-corrected chi connectivity index (χ0v) is 18.9. The minimum absolute atomic E-state index is 0.0673. The quantitative estimate of drug-likeness (QED) is 0.568. The second-order valence-corrected chi connectivity index (χ2v) is 9.45. The molecule has 0 radical (unpaired) electrons. The first-order chi connectivity index (χ1) is 15.4. The van der Waals surface area contributed by atoms with Gasteiger partial charge in [-0.1, -0.05) is 54.1 Å². The summed E-state index contributed by atoms with van der Waals surface area (Å²) in [4.78, 5) is 28.1. The number of para-hydroxylation sites is 1. The van der Waals surface area contributed by atoms with Crippen LogP contribution in [0.25, 0.3) is 0 Å². The van der Waals surface area contributed by atoms with Gasteiger partial charge < -0.3 is 10.2 Å². The van der Waals surface area contributed by atoms with Gasteiger partial charge in [0.1, 0.15) is 0 Å². The average Bonchev–Trinajstić information content (AvgIpc) is 3.49. The van der Waals surface area contributed by atoms with Gasteiger partial charge in [-0.3, -0.25) is 9.59 Å². The number of carbonyl (C=O) groups excluding carboxylic acids is 2. The van der Waals surface area contributed by atoms with Crippen LogP contribution in [-0.4, -0.2) is 17.9 Å². The van der Waals surface area contributed by atoms with E-state index in [2.05, 4.69) is 11.4 Å². The number of benzene rings is 3. The molecule has 3 aromatic rings. The molecule has 1 saturated carbocycles. The predicted octanol–water partition coefficient (Wildman–Crippen LogP) is 5.45. The molecule has 1 fully saturated rings. The van der Waals surface area contributed by atoms with E-state index in [1.807, 2.05) is 79.4 Å². The van der Waals surface area contributed by atoms with E-state index < -0.39 is 5.41 Å². The van der Waals surface area contributed by atoms with Gasteiger partial charge in [0, 0.05) is 28.2 Å². The van der Waals surface area contributed by atoms with Crippen molar-refractivity contribution in [2.45, 2.75) is 44.2 Å². The van der Waals surface area contributed by atoms with Gasteiger partial charge in [-0.2, -0.15) is 0 Å². The molecule has 5 heteroatoms. The SMILES string of the molecule is CC(C)NC(=O)c1cccc(CN2C(=O)[C@]3(C[C@@H]3c3ccc(Cl)cc3)c3ccccc32)c1. The lowest BCUT2D eigenvalue weighted by molar-refractivity contribution is -0.120. The lowest BCUT2D eigenvalue weighted by Crippen LogP contribution is -2.33. The Hall–Kier alpha value is -3.11. The van der Waals surface area contributed by atoms with Crippen molar-refractivity contribution in [3.05, 3.63) is 100 Å². The topological polar surface area (TPSA) is 49.4 Å². The second-order valence-electron chi connectivity index (χ2n) is 9.02. The van der Waals surface area contributed by atoms with Crippen molar-refractivity contribution in [2.75, 3.05) is 4.90 Å². The summed E-state index contributed by atoms with van der Waals surface area (Å²) in [5, 5.41) is 3.63. The van der Waals surface area contributed by atoms with Crippen molar-refractivity contribution < 1.29 is 9.59 Å². The molecule has 1 spiro atoms. The van der Waals surface area contributed by atoms with Gasteiger partial charge in [0.2, 0.25) is 5.91 Å². The van der Waals surface area contributed by atoms with Crippen LogP contribution in [0.15, 0.2) is 72.8 Å². The largest absolute Gasteiger partial charge is 0.350 e. The summed E-state index contributed by atoms with van der Waals surface area (Å²) >= 11 is 6.07. The molecular formula is C27H25ClN2O2. The molecule has 0 bridgehead atoms. The second kappa shape index (κ2) is 7.79. The lowest BCUT2D eigenvalue weighted by Gasteiger charge is -2.19. The summed E-state index contributed by atoms with van der Waals surface area (Å²) in [6.07, 6.45) is 0.803. The molecule has 3 aromatic carbocycles. The van der Waals surface area contributed by atoms with Crippen molar-refractivity contribution in [1.82, 2.24) is 5.32 Å².